The van der Waals surface area contributed by atoms with Crippen molar-refractivity contribution in [3.8, 4) is 0 Å². The van der Waals surface area contributed by atoms with Crippen LogP contribution in [0.3, 0.4) is 0 Å². The van der Waals surface area contributed by atoms with Crippen molar-refractivity contribution in [1.29, 1.82) is 0 Å². The SMILES string of the molecule is CCNC(CCC(C)(C)C)c1cc(F)ccc1C(F)(F)F. The average Bonchev–Trinajstić information content (AvgIpc) is 2.31. The Morgan fingerprint density at radius 1 is 1.14 bits per heavy atom. The van der Waals surface area contributed by atoms with E-state index in [4.69, 9.17) is 0 Å². The molecule has 0 aliphatic rings. The molecule has 0 saturated carbocycles. The molecule has 0 aromatic heterocycles. The zero-order valence-electron chi connectivity index (χ0n) is 12.9. The van der Waals surface area contributed by atoms with E-state index in [-0.39, 0.29) is 11.0 Å². The Balaban J connectivity index is 3.14. The summed E-state index contributed by atoms with van der Waals surface area (Å²) in [5.41, 5.74) is -0.753. The van der Waals surface area contributed by atoms with Gasteiger partial charge in [-0.3, -0.25) is 0 Å². The summed E-state index contributed by atoms with van der Waals surface area (Å²) in [6, 6.07) is 2.19. The third kappa shape index (κ3) is 5.65. The van der Waals surface area contributed by atoms with Crippen LogP contribution in [0.2, 0.25) is 0 Å². The fourth-order valence-corrected chi connectivity index (χ4v) is 2.27. The molecule has 1 aromatic carbocycles. The molecule has 0 spiro atoms. The molecule has 0 radical (unpaired) electrons. The van der Waals surface area contributed by atoms with Gasteiger partial charge in [0.05, 0.1) is 5.56 Å². The second kappa shape index (κ2) is 6.77. The van der Waals surface area contributed by atoms with Gasteiger partial charge in [-0.1, -0.05) is 27.7 Å². The van der Waals surface area contributed by atoms with Gasteiger partial charge < -0.3 is 5.32 Å². The molecule has 21 heavy (non-hydrogen) atoms. The Morgan fingerprint density at radius 2 is 1.76 bits per heavy atom. The Hall–Kier alpha value is -1.10. The predicted molar refractivity (Wildman–Crippen MR) is 76.5 cm³/mol. The third-order valence-electron chi connectivity index (χ3n) is 3.33. The number of benzene rings is 1. The Labute approximate surface area is 123 Å². The molecule has 0 aliphatic carbocycles. The minimum atomic E-state index is -4.47. The van der Waals surface area contributed by atoms with Crippen LogP contribution in [0.1, 0.15) is 57.7 Å². The van der Waals surface area contributed by atoms with Crippen molar-refractivity contribution in [2.45, 2.75) is 52.8 Å². The molecule has 1 nitrogen and oxygen atoms in total. The van der Waals surface area contributed by atoms with Crippen molar-refractivity contribution in [3.05, 3.63) is 35.1 Å². The second-order valence-electron chi connectivity index (χ2n) is 6.44. The first-order chi connectivity index (χ1) is 9.54. The van der Waals surface area contributed by atoms with E-state index in [1.54, 1.807) is 0 Å². The van der Waals surface area contributed by atoms with Gasteiger partial charge in [0.1, 0.15) is 5.82 Å². The molecule has 1 N–H and O–H groups in total. The van der Waals surface area contributed by atoms with Crippen molar-refractivity contribution in [2.24, 2.45) is 5.41 Å². The lowest BCUT2D eigenvalue weighted by Gasteiger charge is -2.26. The molecule has 0 bridgehead atoms. The highest BCUT2D eigenvalue weighted by Gasteiger charge is 2.35. The van der Waals surface area contributed by atoms with E-state index in [2.05, 4.69) is 5.32 Å². The highest BCUT2D eigenvalue weighted by atomic mass is 19.4. The number of hydrogen-bond donors (Lipinski definition) is 1. The van der Waals surface area contributed by atoms with E-state index in [1.807, 2.05) is 27.7 Å². The summed E-state index contributed by atoms with van der Waals surface area (Å²) < 4.78 is 52.7. The molecule has 0 saturated heterocycles. The number of nitrogens with one attached hydrogen (secondary N) is 1. The maximum absolute atomic E-state index is 13.4. The first kappa shape index (κ1) is 18.0. The summed E-state index contributed by atoms with van der Waals surface area (Å²) in [7, 11) is 0. The van der Waals surface area contributed by atoms with Crippen LogP contribution in [0, 0.1) is 11.2 Å². The zero-order chi connectivity index (χ0) is 16.3. The summed E-state index contributed by atoms with van der Waals surface area (Å²) in [4.78, 5) is 0. The molecular weight excluding hydrogens is 282 g/mol. The summed E-state index contributed by atoms with van der Waals surface area (Å²) >= 11 is 0. The second-order valence-corrected chi connectivity index (χ2v) is 6.44. The molecule has 1 aromatic rings. The van der Waals surface area contributed by atoms with Crippen LogP contribution in [0.5, 0.6) is 0 Å². The zero-order valence-corrected chi connectivity index (χ0v) is 12.9. The largest absolute Gasteiger partial charge is 0.416 e. The van der Waals surface area contributed by atoms with Crippen LogP contribution < -0.4 is 5.32 Å². The first-order valence-corrected chi connectivity index (χ1v) is 7.14. The predicted octanol–water partition coefficient (Wildman–Crippen LogP) is 5.32. The van der Waals surface area contributed by atoms with Crippen molar-refractivity contribution in [2.75, 3.05) is 6.54 Å². The Morgan fingerprint density at radius 3 is 2.24 bits per heavy atom. The van der Waals surface area contributed by atoms with E-state index < -0.39 is 23.6 Å². The van der Waals surface area contributed by atoms with E-state index in [9.17, 15) is 17.6 Å². The van der Waals surface area contributed by atoms with Gasteiger partial charge in [0.15, 0.2) is 0 Å². The number of hydrogen-bond acceptors (Lipinski definition) is 1. The number of halogens is 4. The van der Waals surface area contributed by atoms with E-state index in [0.717, 1.165) is 24.6 Å². The Kier molecular flexibility index (Phi) is 5.79. The lowest BCUT2D eigenvalue weighted by Crippen LogP contribution is -2.25. The van der Waals surface area contributed by atoms with E-state index in [0.29, 0.717) is 13.0 Å². The minimum absolute atomic E-state index is 0.00593. The molecule has 0 aliphatic heterocycles. The molecule has 0 fully saturated rings. The van der Waals surface area contributed by atoms with Gasteiger partial charge in [0.25, 0.3) is 0 Å². The lowest BCUT2D eigenvalue weighted by atomic mass is 9.86. The van der Waals surface area contributed by atoms with Crippen LogP contribution in [0.25, 0.3) is 0 Å². The first-order valence-electron chi connectivity index (χ1n) is 7.14. The molecular formula is C16H23F4N. The van der Waals surface area contributed by atoms with Crippen molar-refractivity contribution >= 4 is 0 Å². The van der Waals surface area contributed by atoms with Crippen molar-refractivity contribution in [3.63, 3.8) is 0 Å². The highest BCUT2D eigenvalue weighted by molar-refractivity contribution is 5.33. The van der Waals surface area contributed by atoms with Gasteiger partial charge in [-0.05, 0) is 48.6 Å². The molecule has 0 amide bonds. The molecule has 5 heteroatoms. The molecule has 1 atom stereocenters. The van der Waals surface area contributed by atoms with Crippen LogP contribution in [0.15, 0.2) is 18.2 Å². The smallest absolute Gasteiger partial charge is 0.310 e. The summed E-state index contributed by atoms with van der Waals surface area (Å²) in [5, 5.41) is 3.04. The van der Waals surface area contributed by atoms with Crippen molar-refractivity contribution in [1.82, 2.24) is 5.32 Å². The topological polar surface area (TPSA) is 12.0 Å². The van der Waals surface area contributed by atoms with Crippen LogP contribution in [0.4, 0.5) is 17.6 Å². The normalized spacial score (nSPS) is 14.3. The fraction of sp³-hybridized carbons (Fsp3) is 0.625. The van der Waals surface area contributed by atoms with Gasteiger partial charge in [-0.2, -0.15) is 13.2 Å². The minimum Gasteiger partial charge on any atom is -0.310 e. The molecule has 1 unspecified atom stereocenters. The number of alkyl halides is 3. The molecule has 0 heterocycles. The average molecular weight is 305 g/mol. The van der Waals surface area contributed by atoms with Gasteiger partial charge in [0, 0.05) is 6.04 Å². The number of rotatable bonds is 5. The summed E-state index contributed by atoms with van der Waals surface area (Å²) in [6.45, 7) is 8.46. The van der Waals surface area contributed by atoms with Gasteiger partial charge in [0.2, 0.25) is 0 Å². The fourth-order valence-electron chi connectivity index (χ4n) is 2.27. The third-order valence-corrected chi connectivity index (χ3v) is 3.33. The van der Waals surface area contributed by atoms with Crippen molar-refractivity contribution < 1.29 is 17.6 Å². The van der Waals surface area contributed by atoms with E-state index >= 15 is 0 Å². The lowest BCUT2D eigenvalue weighted by molar-refractivity contribution is -0.138. The highest BCUT2D eigenvalue weighted by Crippen LogP contribution is 2.37. The maximum atomic E-state index is 13.4. The summed E-state index contributed by atoms with van der Waals surface area (Å²) in [6.07, 6.45) is -3.19. The maximum Gasteiger partial charge on any atom is 0.416 e. The monoisotopic (exact) mass is 305 g/mol. The van der Waals surface area contributed by atoms with Gasteiger partial charge >= 0.3 is 6.18 Å². The Bertz CT molecular complexity index is 460. The quantitative estimate of drug-likeness (QED) is 0.726. The molecule has 1 rings (SSSR count). The molecule has 120 valence electrons. The standard InChI is InChI=1S/C16H23F4N/c1-5-21-14(8-9-15(2,3)4)12-10-11(17)6-7-13(12)16(18,19)20/h6-7,10,14,21H,5,8-9H2,1-4H3. The van der Waals surface area contributed by atoms with Gasteiger partial charge in [-0.25, -0.2) is 4.39 Å². The van der Waals surface area contributed by atoms with Crippen LogP contribution in [-0.4, -0.2) is 6.54 Å². The van der Waals surface area contributed by atoms with Gasteiger partial charge in [-0.15, -0.1) is 0 Å². The van der Waals surface area contributed by atoms with Crippen LogP contribution in [-0.2, 0) is 6.18 Å². The van der Waals surface area contributed by atoms with E-state index in [1.165, 1.54) is 0 Å². The van der Waals surface area contributed by atoms with Crippen LogP contribution >= 0.6 is 0 Å². The summed E-state index contributed by atoms with van der Waals surface area (Å²) in [5.74, 6) is -0.642.